The number of amides is 1. The molecule has 3 unspecified atom stereocenters. The summed E-state index contributed by atoms with van der Waals surface area (Å²) in [4.78, 5) is 23.3. The van der Waals surface area contributed by atoms with E-state index < -0.39 is 20.0 Å². The van der Waals surface area contributed by atoms with Gasteiger partial charge < -0.3 is 19.8 Å². The van der Waals surface area contributed by atoms with Crippen molar-refractivity contribution in [2.75, 3.05) is 40.9 Å². The van der Waals surface area contributed by atoms with E-state index in [4.69, 9.17) is 9.05 Å². The number of aliphatic hydroxyl groups is 1. The van der Waals surface area contributed by atoms with Crippen LogP contribution in [0, 0.1) is 0 Å². The number of carbonyl (C=O) groups excluding carboxylic acids is 1. The Labute approximate surface area is 399 Å². The second kappa shape index (κ2) is 47.3. The lowest BCUT2D eigenvalue weighted by Crippen LogP contribution is -2.46. The average molecular weight is 928 g/mol. The van der Waals surface area contributed by atoms with E-state index in [0.29, 0.717) is 23.9 Å². The maximum Gasteiger partial charge on any atom is 0.472 e. The molecule has 0 aliphatic heterocycles. The summed E-state index contributed by atoms with van der Waals surface area (Å²) in [5.41, 5.74) is 0. The van der Waals surface area contributed by atoms with Crippen LogP contribution >= 0.6 is 7.82 Å². The largest absolute Gasteiger partial charge is 0.472 e. The summed E-state index contributed by atoms with van der Waals surface area (Å²) in [6.07, 6.45) is 56.9. The zero-order valence-corrected chi connectivity index (χ0v) is 44.4. The Morgan fingerprint density at radius 2 is 0.844 bits per heavy atom. The monoisotopic (exact) mass is 928 g/mol. The van der Waals surface area contributed by atoms with Crippen molar-refractivity contribution in [3.8, 4) is 0 Å². The summed E-state index contributed by atoms with van der Waals surface area (Å²) < 4.78 is 23.8. The lowest BCUT2D eigenvalue weighted by molar-refractivity contribution is -0.870. The van der Waals surface area contributed by atoms with Crippen molar-refractivity contribution in [3.05, 3.63) is 12.2 Å². The molecule has 3 atom stereocenters. The maximum absolute atomic E-state index is 13.0. The number of hydrogen-bond acceptors (Lipinski definition) is 5. The van der Waals surface area contributed by atoms with Gasteiger partial charge in [0.2, 0.25) is 5.91 Å². The fourth-order valence-corrected chi connectivity index (χ4v) is 9.31. The van der Waals surface area contributed by atoms with Crippen LogP contribution in [0.5, 0.6) is 0 Å². The lowest BCUT2D eigenvalue weighted by atomic mass is 10.0. The third kappa shape index (κ3) is 49.2. The second-order valence-corrected chi connectivity index (χ2v) is 22.1. The number of carbonyl (C=O) groups is 1. The quantitative estimate of drug-likeness (QED) is 0.0243. The Morgan fingerprint density at radius 1 is 0.516 bits per heavy atom. The highest BCUT2D eigenvalue weighted by atomic mass is 31.2. The Kier molecular flexibility index (Phi) is 46.8. The van der Waals surface area contributed by atoms with E-state index in [0.717, 1.165) is 51.4 Å². The van der Waals surface area contributed by atoms with Crippen LogP contribution in [0.15, 0.2) is 12.2 Å². The standard InChI is InChI=1S/C55H111N2O6P/c1-6-8-10-12-14-16-18-20-22-24-25-26-27-28-29-30-31-32-33-34-36-38-40-42-44-46-48-54(58)53(52-63-64(60,61)62-51-50-57(3,4)5)56-55(59)49-47-45-43-41-39-37-35-23-21-19-17-15-13-11-9-7-2/h23,35,53-54,58H,6-22,24-34,36-52H2,1-5H3,(H-,56,59,60,61)/p+1/b35-23-. The molecule has 0 aromatic carbocycles. The van der Waals surface area contributed by atoms with Gasteiger partial charge in [-0.3, -0.25) is 13.8 Å². The van der Waals surface area contributed by atoms with E-state index >= 15 is 0 Å². The molecule has 0 fully saturated rings. The van der Waals surface area contributed by atoms with E-state index in [1.807, 2.05) is 21.1 Å². The van der Waals surface area contributed by atoms with Gasteiger partial charge in [0.1, 0.15) is 13.2 Å². The third-order valence-electron chi connectivity index (χ3n) is 13.0. The van der Waals surface area contributed by atoms with Crippen molar-refractivity contribution in [2.24, 2.45) is 0 Å². The van der Waals surface area contributed by atoms with Gasteiger partial charge in [0, 0.05) is 6.42 Å². The molecule has 0 saturated heterocycles. The highest BCUT2D eigenvalue weighted by molar-refractivity contribution is 7.47. The van der Waals surface area contributed by atoms with Gasteiger partial charge in [-0.25, -0.2) is 4.57 Å². The van der Waals surface area contributed by atoms with Gasteiger partial charge in [0.05, 0.1) is 39.9 Å². The van der Waals surface area contributed by atoms with E-state index in [9.17, 15) is 19.4 Å². The number of likely N-dealkylation sites (N-methyl/N-ethyl adjacent to an activating group) is 1. The van der Waals surface area contributed by atoms with E-state index in [1.165, 1.54) is 205 Å². The normalized spacial score (nSPS) is 14.0. The first-order valence-corrected chi connectivity index (χ1v) is 29.5. The molecule has 0 spiro atoms. The zero-order valence-electron chi connectivity index (χ0n) is 43.6. The molecule has 0 radical (unpaired) electrons. The second-order valence-electron chi connectivity index (χ2n) is 20.7. The van der Waals surface area contributed by atoms with Crippen molar-refractivity contribution < 1.29 is 32.9 Å². The molecule has 0 heterocycles. The maximum atomic E-state index is 13.0. The lowest BCUT2D eigenvalue weighted by Gasteiger charge is -2.26. The fourth-order valence-electron chi connectivity index (χ4n) is 8.57. The molecule has 9 heteroatoms. The number of allylic oxidation sites excluding steroid dienone is 2. The number of nitrogens with zero attached hydrogens (tertiary/aromatic N) is 1. The Balaban J connectivity index is 4.13. The summed E-state index contributed by atoms with van der Waals surface area (Å²) in [6, 6.07) is -0.762. The van der Waals surface area contributed by atoms with Gasteiger partial charge in [-0.2, -0.15) is 0 Å². The van der Waals surface area contributed by atoms with Crippen molar-refractivity contribution in [3.63, 3.8) is 0 Å². The molecule has 1 amide bonds. The molecule has 0 bridgehead atoms. The van der Waals surface area contributed by atoms with Gasteiger partial charge in [-0.1, -0.05) is 251 Å². The van der Waals surface area contributed by atoms with Crippen molar-refractivity contribution >= 4 is 13.7 Å². The van der Waals surface area contributed by atoms with Gasteiger partial charge in [-0.15, -0.1) is 0 Å². The summed E-state index contributed by atoms with van der Waals surface area (Å²) in [5, 5.41) is 14.1. The van der Waals surface area contributed by atoms with Crippen LogP contribution in [0.25, 0.3) is 0 Å². The predicted octanol–water partition coefficient (Wildman–Crippen LogP) is 16.7. The van der Waals surface area contributed by atoms with Crippen molar-refractivity contribution in [1.82, 2.24) is 5.32 Å². The summed E-state index contributed by atoms with van der Waals surface area (Å²) in [5.74, 6) is -0.148. The molecule has 0 aliphatic carbocycles. The zero-order chi connectivity index (χ0) is 47.1. The number of rotatable bonds is 52. The number of quaternary nitrogens is 1. The summed E-state index contributed by atoms with van der Waals surface area (Å²) in [7, 11) is 1.62. The first-order chi connectivity index (χ1) is 31.0. The Hall–Kier alpha value is -0.760. The third-order valence-corrected chi connectivity index (χ3v) is 14.0. The fraction of sp³-hybridized carbons (Fsp3) is 0.945. The SMILES string of the molecule is CCCCCCCCC/C=C\CCCCCCCC(=O)NC(COP(=O)(O)OCC[N+](C)(C)C)C(O)CCCCCCCCCCCCCCCCCCCCCCCCCCCC. The first kappa shape index (κ1) is 63.2. The average Bonchev–Trinajstić information content (AvgIpc) is 3.25. The number of unbranched alkanes of at least 4 members (excludes halogenated alkanes) is 37. The van der Waals surface area contributed by atoms with E-state index in [2.05, 4.69) is 31.3 Å². The van der Waals surface area contributed by atoms with Crippen LogP contribution in [0.1, 0.15) is 284 Å². The van der Waals surface area contributed by atoms with Crippen molar-refractivity contribution in [1.29, 1.82) is 0 Å². The highest BCUT2D eigenvalue weighted by Gasteiger charge is 2.28. The Morgan fingerprint density at radius 3 is 1.20 bits per heavy atom. The molecule has 0 saturated carbocycles. The first-order valence-electron chi connectivity index (χ1n) is 28.1. The predicted molar refractivity (Wildman–Crippen MR) is 277 cm³/mol. The molecular formula is C55H112N2O6P+. The molecule has 3 N–H and O–H groups in total. The number of aliphatic hydroxyl groups excluding tert-OH is 1. The van der Waals surface area contributed by atoms with Crippen LogP contribution in [-0.4, -0.2) is 73.4 Å². The van der Waals surface area contributed by atoms with Gasteiger partial charge in [0.15, 0.2) is 0 Å². The number of phosphoric acid groups is 1. The minimum atomic E-state index is -4.32. The minimum Gasteiger partial charge on any atom is -0.391 e. The van der Waals surface area contributed by atoms with Crippen LogP contribution in [0.3, 0.4) is 0 Å². The van der Waals surface area contributed by atoms with Gasteiger partial charge >= 0.3 is 7.82 Å². The molecule has 0 aromatic heterocycles. The number of hydrogen-bond donors (Lipinski definition) is 3. The molecule has 0 aliphatic rings. The Bertz CT molecular complexity index is 1050. The van der Waals surface area contributed by atoms with Gasteiger partial charge in [0.25, 0.3) is 0 Å². The topological polar surface area (TPSA) is 105 Å². The van der Waals surface area contributed by atoms with Crippen molar-refractivity contribution in [2.45, 2.75) is 296 Å². The number of phosphoric ester groups is 1. The summed E-state index contributed by atoms with van der Waals surface area (Å²) in [6.45, 7) is 4.92. The molecular weight excluding hydrogens is 816 g/mol. The molecule has 64 heavy (non-hydrogen) atoms. The van der Waals surface area contributed by atoms with Crippen LogP contribution in [-0.2, 0) is 18.4 Å². The van der Waals surface area contributed by atoms with E-state index in [-0.39, 0.29) is 19.1 Å². The van der Waals surface area contributed by atoms with Crippen LogP contribution < -0.4 is 5.32 Å². The molecule has 8 nitrogen and oxygen atoms in total. The van der Waals surface area contributed by atoms with E-state index in [1.54, 1.807) is 0 Å². The molecule has 382 valence electrons. The van der Waals surface area contributed by atoms with Gasteiger partial charge in [-0.05, 0) is 38.5 Å². The highest BCUT2D eigenvalue weighted by Crippen LogP contribution is 2.43. The number of nitrogens with one attached hydrogen (secondary N) is 1. The molecule has 0 rings (SSSR count). The summed E-state index contributed by atoms with van der Waals surface area (Å²) >= 11 is 0. The minimum absolute atomic E-state index is 0.0754. The smallest absolute Gasteiger partial charge is 0.391 e. The molecule has 0 aromatic rings. The van der Waals surface area contributed by atoms with Crippen LogP contribution in [0.2, 0.25) is 0 Å². The van der Waals surface area contributed by atoms with Crippen LogP contribution in [0.4, 0.5) is 0 Å².